The maximum absolute atomic E-state index is 12.1. The quantitative estimate of drug-likeness (QED) is 0.845. The van der Waals surface area contributed by atoms with E-state index < -0.39 is 12.1 Å². The molecule has 2 amide bonds. The SMILES string of the molecule is NC(=O)c1csc2c1CCOC2NC(=O)C=Cc1ccccc1. The van der Waals surface area contributed by atoms with Crippen LogP contribution in [0.2, 0.25) is 0 Å². The zero-order chi connectivity index (χ0) is 16.2. The zero-order valence-corrected chi connectivity index (χ0v) is 13.1. The molecule has 3 N–H and O–H groups in total. The van der Waals surface area contributed by atoms with Crippen molar-refractivity contribution in [2.45, 2.75) is 12.6 Å². The number of benzene rings is 1. The minimum absolute atomic E-state index is 0.249. The number of hydrogen-bond acceptors (Lipinski definition) is 4. The van der Waals surface area contributed by atoms with Gasteiger partial charge in [-0.2, -0.15) is 0 Å². The summed E-state index contributed by atoms with van der Waals surface area (Å²) in [4.78, 5) is 24.3. The number of carbonyl (C=O) groups excluding carboxylic acids is 2. The molecule has 0 spiro atoms. The lowest BCUT2D eigenvalue weighted by molar-refractivity contribution is -0.121. The van der Waals surface area contributed by atoms with Crippen LogP contribution >= 0.6 is 11.3 Å². The highest BCUT2D eigenvalue weighted by molar-refractivity contribution is 7.10. The first-order valence-electron chi connectivity index (χ1n) is 7.20. The monoisotopic (exact) mass is 328 g/mol. The van der Waals surface area contributed by atoms with Crippen molar-refractivity contribution in [2.75, 3.05) is 6.61 Å². The molecule has 0 saturated heterocycles. The smallest absolute Gasteiger partial charge is 0.249 e. The predicted octanol–water partition coefficient (Wildman–Crippen LogP) is 2.25. The number of rotatable bonds is 4. The molecular formula is C17H16N2O3S. The van der Waals surface area contributed by atoms with Gasteiger partial charge in [-0.05, 0) is 23.6 Å². The molecule has 0 saturated carbocycles. The number of hydrogen-bond donors (Lipinski definition) is 2. The normalized spacial score (nSPS) is 17.0. The summed E-state index contributed by atoms with van der Waals surface area (Å²) in [6.45, 7) is 0.442. The van der Waals surface area contributed by atoms with Crippen molar-refractivity contribution < 1.29 is 14.3 Å². The van der Waals surface area contributed by atoms with E-state index in [9.17, 15) is 9.59 Å². The maximum Gasteiger partial charge on any atom is 0.249 e. The molecule has 1 atom stereocenters. The van der Waals surface area contributed by atoms with Crippen LogP contribution < -0.4 is 11.1 Å². The van der Waals surface area contributed by atoms with Crippen molar-refractivity contribution in [3.05, 3.63) is 63.4 Å². The molecule has 1 aromatic carbocycles. The molecule has 1 aliphatic rings. The average molecular weight is 328 g/mol. The predicted molar refractivity (Wildman–Crippen MR) is 88.9 cm³/mol. The lowest BCUT2D eigenvalue weighted by Crippen LogP contribution is -2.32. The Morgan fingerprint density at radius 1 is 1.30 bits per heavy atom. The minimum Gasteiger partial charge on any atom is -0.366 e. The molecule has 1 aromatic heterocycles. The summed E-state index contributed by atoms with van der Waals surface area (Å²) in [6, 6.07) is 9.56. The topological polar surface area (TPSA) is 81.4 Å². The van der Waals surface area contributed by atoms with Crippen molar-refractivity contribution in [1.29, 1.82) is 0 Å². The third-order valence-corrected chi connectivity index (χ3v) is 4.63. The fourth-order valence-corrected chi connectivity index (χ4v) is 3.57. The summed E-state index contributed by atoms with van der Waals surface area (Å²) in [5.41, 5.74) is 7.72. The van der Waals surface area contributed by atoms with E-state index in [4.69, 9.17) is 10.5 Å². The summed E-state index contributed by atoms with van der Waals surface area (Å²) in [5.74, 6) is -0.695. The van der Waals surface area contributed by atoms with E-state index in [0.717, 1.165) is 16.0 Å². The van der Waals surface area contributed by atoms with E-state index in [1.807, 2.05) is 30.3 Å². The van der Waals surface area contributed by atoms with E-state index in [1.165, 1.54) is 17.4 Å². The molecule has 0 bridgehead atoms. The molecule has 5 nitrogen and oxygen atoms in total. The molecule has 23 heavy (non-hydrogen) atoms. The van der Waals surface area contributed by atoms with Gasteiger partial charge in [-0.3, -0.25) is 9.59 Å². The number of primary amides is 1. The second-order valence-corrected chi connectivity index (χ2v) is 6.02. The summed E-state index contributed by atoms with van der Waals surface area (Å²) in [6.07, 6.45) is 3.30. The summed E-state index contributed by atoms with van der Waals surface area (Å²) in [7, 11) is 0. The second-order valence-electron chi connectivity index (χ2n) is 5.11. The standard InChI is InChI=1S/C17H16N2O3S/c18-16(21)13-10-23-15-12(13)8-9-22-17(15)19-14(20)7-6-11-4-2-1-3-5-11/h1-7,10,17H,8-9H2,(H2,18,21)(H,19,20). The van der Waals surface area contributed by atoms with Crippen molar-refractivity contribution in [2.24, 2.45) is 5.73 Å². The molecule has 1 aliphatic heterocycles. The Bertz CT molecular complexity index is 752. The van der Waals surface area contributed by atoms with E-state index in [0.29, 0.717) is 18.6 Å². The number of carbonyl (C=O) groups is 2. The van der Waals surface area contributed by atoms with Gasteiger partial charge in [0.2, 0.25) is 11.8 Å². The first-order valence-corrected chi connectivity index (χ1v) is 8.08. The second kappa shape index (κ2) is 6.76. The Labute approximate surface area is 137 Å². The number of thiophene rings is 1. The van der Waals surface area contributed by atoms with Crippen LogP contribution in [0.25, 0.3) is 6.08 Å². The van der Waals surface area contributed by atoms with E-state index in [2.05, 4.69) is 5.32 Å². The molecule has 118 valence electrons. The molecule has 2 aromatic rings. The van der Waals surface area contributed by atoms with Crippen LogP contribution in [0, 0.1) is 0 Å². The van der Waals surface area contributed by atoms with Gasteiger partial charge in [-0.25, -0.2) is 0 Å². The molecule has 0 fully saturated rings. The van der Waals surface area contributed by atoms with Crippen molar-refractivity contribution in [3.8, 4) is 0 Å². The first-order chi connectivity index (χ1) is 11.1. The zero-order valence-electron chi connectivity index (χ0n) is 12.3. The Hall–Kier alpha value is -2.44. The fourth-order valence-electron chi connectivity index (χ4n) is 2.46. The number of fused-ring (bicyclic) bond motifs is 1. The van der Waals surface area contributed by atoms with Crippen LogP contribution in [0.5, 0.6) is 0 Å². The Kier molecular flexibility index (Phi) is 4.55. The van der Waals surface area contributed by atoms with Crippen LogP contribution in [0.4, 0.5) is 0 Å². The third-order valence-electron chi connectivity index (χ3n) is 3.57. The van der Waals surface area contributed by atoms with E-state index >= 15 is 0 Å². The Morgan fingerprint density at radius 3 is 2.83 bits per heavy atom. The molecule has 3 rings (SSSR count). The van der Waals surface area contributed by atoms with E-state index in [-0.39, 0.29) is 5.91 Å². The van der Waals surface area contributed by atoms with Crippen molar-refractivity contribution in [3.63, 3.8) is 0 Å². The minimum atomic E-state index is -0.537. The number of ether oxygens (including phenoxy) is 1. The lowest BCUT2D eigenvalue weighted by atomic mass is 10.0. The summed E-state index contributed by atoms with van der Waals surface area (Å²) >= 11 is 1.38. The average Bonchev–Trinajstić information content (AvgIpc) is 2.99. The number of nitrogens with one attached hydrogen (secondary N) is 1. The van der Waals surface area contributed by atoms with Gasteiger partial charge in [0.05, 0.1) is 17.0 Å². The molecule has 0 aliphatic carbocycles. The molecule has 0 radical (unpaired) electrons. The van der Waals surface area contributed by atoms with Gasteiger partial charge in [0.1, 0.15) is 0 Å². The number of amides is 2. The van der Waals surface area contributed by atoms with Crippen LogP contribution in [0.3, 0.4) is 0 Å². The van der Waals surface area contributed by atoms with Gasteiger partial charge in [-0.15, -0.1) is 11.3 Å². The molecule has 6 heteroatoms. The fraction of sp³-hybridized carbons (Fsp3) is 0.176. The lowest BCUT2D eigenvalue weighted by Gasteiger charge is -2.24. The van der Waals surface area contributed by atoms with Crippen LogP contribution in [-0.2, 0) is 16.0 Å². The Balaban J connectivity index is 1.71. The highest BCUT2D eigenvalue weighted by Gasteiger charge is 2.27. The summed E-state index contributed by atoms with van der Waals surface area (Å²) < 4.78 is 5.61. The van der Waals surface area contributed by atoms with Gasteiger partial charge in [0.15, 0.2) is 6.23 Å². The van der Waals surface area contributed by atoms with Gasteiger partial charge in [0.25, 0.3) is 0 Å². The maximum atomic E-state index is 12.1. The summed E-state index contributed by atoms with van der Waals surface area (Å²) in [5, 5.41) is 4.53. The van der Waals surface area contributed by atoms with Gasteiger partial charge < -0.3 is 15.8 Å². The van der Waals surface area contributed by atoms with Crippen molar-refractivity contribution in [1.82, 2.24) is 5.32 Å². The van der Waals surface area contributed by atoms with E-state index in [1.54, 1.807) is 11.5 Å². The molecule has 1 unspecified atom stereocenters. The molecule has 2 heterocycles. The van der Waals surface area contributed by atoms with Crippen molar-refractivity contribution >= 4 is 29.2 Å². The van der Waals surface area contributed by atoms with Crippen LogP contribution in [0.1, 0.15) is 32.6 Å². The van der Waals surface area contributed by atoms with Gasteiger partial charge in [0, 0.05) is 11.5 Å². The number of nitrogens with two attached hydrogens (primary N) is 1. The first kappa shape index (κ1) is 15.5. The largest absolute Gasteiger partial charge is 0.366 e. The van der Waals surface area contributed by atoms with Gasteiger partial charge in [-0.1, -0.05) is 30.3 Å². The third kappa shape index (κ3) is 3.49. The van der Waals surface area contributed by atoms with Crippen LogP contribution in [-0.4, -0.2) is 18.4 Å². The Morgan fingerprint density at radius 2 is 2.09 bits per heavy atom. The highest BCUT2D eigenvalue weighted by Crippen LogP contribution is 2.33. The highest BCUT2D eigenvalue weighted by atomic mass is 32.1. The van der Waals surface area contributed by atoms with Gasteiger partial charge >= 0.3 is 0 Å². The van der Waals surface area contributed by atoms with Crippen LogP contribution in [0.15, 0.2) is 41.8 Å². The molecular weight excluding hydrogens is 312 g/mol.